The lowest BCUT2D eigenvalue weighted by Crippen LogP contribution is -2.36. The van der Waals surface area contributed by atoms with E-state index in [0.29, 0.717) is 19.4 Å². The predicted octanol–water partition coefficient (Wildman–Crippen LogP) is 7.24. The number of amides is 1. The molecule has 1 fully saturated rings. The fraction of sp³-hybridized carbons (Fsp3) is 0.469. The third-order valence-corrected chi connectivity index (χ3v) is 6.69. The van der Waals surface area contributed by atoms with Gasteiger partial charge in [0, 0.05) is 35.7 Å². The molecule has 10 heteroatoms. The van der Waals surface area contributed by atoms with Crippen LogP contribution in [-0.2, 0) is 25.5 Å². The van der Waals surface area contributed by atoms with E-state index in [4.69, 9.17) is 21.7 Å². The maximum atomic E-state index is 16.1. The Balaban J connectivity index is 1.98. The highest BCUT2D eigenvalue weighted by molar-refractivity contribution is 6.10. The van der Waals surface area contributed by atoms with Crippen molar-refractivity contribution in [3.63, 3.8) is 0 Å². The van der Waals surface area contributed by atoms with Gasteiger partial charge in [-0.1, -0.05) is 18.2 Å². The molecule has 0 aliphatic carbocycles. The highest BCUT2D eigenvalue weighted by Crippen LogP contribution is 2.40. The normalized spacial score (nSPS) is 16.7. The average molecular weight is 585 g/mol. The summed E-state index contributed by atoms with van der Waals surface area (Å²) in [6, 6.07) is 8.18. The van der Waals surface area contributed by atoms with E-state index in [0.717, 1.165) is 11.7 Å². The van der Waals surface area contributed by atoms with Crippen molar-refractivity contribution in [3.8, 4) is 11.3 Å². The smallest absolute Gasteiger partial charge is 0.419 e. The van der Waals surface area contributed by atoms with Gasteiger partial charge in [0.2, 0.25) is 0 Å². The molecule has 0 spiro atoms. The summed E-state index contributed by atoms with van der Waals surface area (Å²) >= 11 is 0. The highest BCUT2D eigenvalue weighted by Gasteiger charge is 2.35. The van der Waals surface area contributed by atoms with Gasteiger partial charge in [-0.25, -0.2) is 23.3 Å². The Morgan fingerprint density at radius 1 is 1.00 bits per heavy atom. The number of benzene rings is 2. The van der Waals surface area contributed by atoms with Gasteiger partial charge in [-0.05, 0) is 72.6 Å². The lowest BCUT2D eigenvalue weighted by atomic mass is 9.98. The topological polar surface area (TPSA) is 96.3 Å². The molecule has 226 valence electrons. The van der Waals surface area contributed by atoms with Gasteiger partial charge in [0.15, 0.2) is 0 Å². The number of carbonyl (C=O) groups is 3. The second-order valence-electron chi connectivity index (χ2n) is 12.1. The van der Waals surface area contributed by atoms with E-state index in [-0.39, 0.29) is 38.9 Å². The maximum Gasteiger partial charge on any atom is 0.419 e. The van der Waals surface area contributed by atoms with Crippen molar-refractivity contribution < 1.29 is 40.5 Å². The number of nitrogens with zero attached hydrogens (tertiary/aromatic N) is 2. The number of methoxy groups -OCH3 is 2. The van der Waals surface area contributed by atoms with E-state index in [2.05, 4.69) is 0 Å². The zero-order valence-corrected chi connectivity index (χ0v) is 25.3. The molecule has 4 rings (SSSR count). The molecule has 0 radical (unpaired) electrons. The molecule has 1 amide bonds. The molecule has 1 aliphatic heterocycles. The van der Waals surface area contributed by atoms with Crippen LogP contribution in [0.5, 0.6) is 0 Å². The quantitative estimate of drug-likeness (QED) is 0.230. The highest BCUT2D eigenvalue weighted by atomic mass is 19.1. The monoisotopic (exact) mass is 584 g/mol. The minimum Gasteiger partial charge on any atom is -0.465 e. The lowest BCUT2D eigenvalue weighted by Gasteiger charge is -2.29. The van der Waals surface area contributed by atoms with Crippen molar-refractivity contribution in [2.24, 2.45) is 0 Å². The molecular formula is C32H39FN2O7. The zero-order chi connectivity index (χ0) is 32.8. The first-order valence-corrected chi connectivity index (χ1v) is 13.7. The van der Waals surface area contributed by atoms with Gasteiger partial charge in [0.1, 0.15) is 17.0 Å². The summed E-state index contributed by atoms with van der Waals surface area (Å²) in [7, 11) is 2.34. The van der Waals surface area contributed by atoms with E-state index in [1.165, 1.54) is 42.3 Å². The van der Waals surface area contributed by atoms with Crippen LogP contribution in [0.1, 0.15) is 84.7 Å². The Kier molecular flexibility index (Phi) is 7.90. The molecule has 1 unspecified atom stereocenters. The third kappa shape index (κ3) is 6.28. The summed E-state index contributed by atoms with van der Waals surface area (Å²) < 4.78 is 56.2. The number of hydrogen-bond acceptors (Lipinski definition) is 7. The summed E-state index contributed by atoms with van der Waals surface area (Å²) in [6.07, 6.45) is -0.228. The van der Waals surface area contributed by atoms with Gasteiger partial charge >= 0.3 is 18.2 Å². The summed E-state index contributed by atoms with van der Waals surface area (Å²) in [5.41, 5.74) is -1.38. The van der Waals surface area contributed by atoms with Crippen molar-refractivity contribution in [3.05, 3.63) is 58.9 Å². The number of ether oxygens (including phenoxy) is 4. The summed E-state index contributed by atoms with van der Waals surface area (Å²) in [4.78, 5) is 41.0. The number of carbonyl (C=O) groups excluding carboxylic acids is 3. The number of fused-ring (bicyclic) bond motifs is 1. The maximum absolute atomic E-state index is 16.1. The number of rotatable bonds is 5. The van der Waals surface area contributed by atoms with Crippen molar-refractivity contribution in [1.29, 1.82) is 0 Å². The average Bonchev–Trinajstić information content (AvgIpc) is 3.54. The van der Waals surface area contributed by atoms with E-state index < -0.39 is 47.8 Å². The Bertz CT molecular complexity index is 1600. The van der Waals surface area contributed by atoms with Crippen LogP contribution in [0.15, 0.2) is 36.4 Å². The Morgan fingerprint density at radius 3 is 2.26 bits per heavy atom. The molecule has 0 N–H and O–H groups in total. The first-order valence-electron chi connectivity index (χ1n) is 14.7. The van der Waals surface area contributed by atoms with E-state index in [1.54, 1.807) is 47.6 Å². The van der Waals surface area contributed by atoms with Crippen LogP contribution in [-0.4, -0.2) is 59.6 Å². The second-order valence-corrected chi connectivity index (χ2v) is 12.1. The standard InChI is InChI=1S/C32H39FN2O7/c1-31(2,3)41-29(37)34-16-10-13-24(34)20-15-14-19(17-23(20)33)27-22(18-39-7)26-21(28(36)40-8)11-9-12-25(26)35(27)30(38)42-32(4,5)6/h9,11-12,14-15,17,24H,10,13,16,18H2,1-8H3/i18D2. The van der Waals surface area contributed by atoms with Crippen LogP contribution in [0.3, 0.4) is 0 Å². The molecule has 2 heterocycles. The van der Waals surface area contributed by atoms with Crippen molar-refractivity contribution in [1.82, 2.24) is 9.47 Å². The van der Waals surface area contributed by atoms with Crippen LogP contribution in [0, 0.1) is 5.82 Å². The Labute approximate surface area is 248 Å². The molecule has 0 saturated carbocycles. The molecule has 9 nitrogen and oxygen atoms in total. The van der Waals surface area contributed by atoms with Crippen LogP contribution < -0.4 is 0 Å². The van der Waals surface area contributed by atoms with Gasteiger partial charge in [-0.2, -0.15) is 0 Å². The lowest BCUT2D eigenvalue weighted by molar-refractivity contribution is 0.0221. The van der Waals surface area contributed by atoms with Gasteiger partial charge in [-0.3, -0.25) is 0 Å². The van der Waals surface area contributed by atoms with Crippen LogP contribution >= 0.6 is 0 Å². The Morgan fingerprint density at radius 2 is 1.67 bits per heavy atom. The summed E-state index contributed by atoms with van der Waals surface area (Å²) in [5.74, 6) is -1.43. The number of halogens is 1. The summed E-state index contributed by atoms with van der Waals surface area (Å²) in [5, 5.41) is 0.0587. The van der Waals surface area contributed by atoms with E-state index in [1.807, 2.05) is 0 Å². The van der Waals surface area contributed by atoms with E-state index >= 15 is 4.39 Å². The molecule has 0 bridgehead atoms. The number of hydrogen-bond donors (Lipinski definition) is 0. The molecule has 1 aromatic heterocycles. The minimum absolute atomic E-state index is 0.0134. The number of esters is 1. The zero-order valence-electron chi connectivity index (χ0n) is 27.3. The number of aromatic nitrogens is 1. The van der Waals surface area contributed by atoms with Gasteiger partial charge < -0.3 is 23.8 Å². The SMILES string of the molecule is [2H]C([2H])(OC)c1c(-c2ccc(C3CCCN3C(=O)OC(C)(C)C)c(F)c2)n(C(=O)OC(C)(C)C)c2cccc(C(=O)OC)c12. The molecule has 2 aromatic carbocycles. The largest absolute Gasteiger partial charge is 0.465 e. The molecule has 1 aliphatic rings. The number of likely N-dealkylation sites (tertiary alicyclic amines) is 1. The molecule has 3 aromatic rings. The van der Waals surface area contributed by atoms with E-state index in [9.17, 15) is 14.4 Å². The fourth-order valence-electron chi connectivity index (χ4n) is 5.17. The van der Waals surface area contributed by atoms with Crippen molar-refractivity contribution >= 4 is 29.1 Å². The van der Waals surface area contributed by atoms with Crippen molar-refractivity contribution in [2.75, 3.05) is 20.8 Å². The van der Waals surface area contributed by atoms with Crippen LogP contribution in [0.25, 0.3) is 22.2 Å². The molecule has 42 heavy (non-hydrogen) atoms. The Hall–Kier alpha value is -3.92. The van der Waals surface area contributed by atoms with Crippen molar-refractivity contribution in [2.45, 2.75) is 78.2 Å². The van der Waals surface area contributed by atoms with Gasteiger partial charge in [-0.15, -0.1) is 0 Å². The first kappa shape index (κ1) is 28.2. The van der Waals surface area contributed by atoms with Gasteiger partial charge in [0.25, 0.3) is 0 Å². The molecule has 1 atom stereocenters. The third-order valence-electron chi connectivity index (χ3n) is 6.69. The fourth-order valence-corrected chi connectivity index (χ4v) is 5.17. The van der Waals surface area contributed by atoms with Crippen LogP contribution in [0.4, 0.5) is 14.0 Å². The minimum atomic E-state index is -2.54. The summed E-state index contributed by atoms with van der Waals surface area (Å²) in [6.45, 7) is 8.18. The second kappa shape index (κ2) is 11.8. The predicted molar refractivity (Wildman–Crippen MR) is 156 cm³/mol. The van der Waals surface area contributed by atoms with Gasteiger partial charge in [0.05, 0.1) is 39.2 Å². The molecule has 1 saturated heterocycles. The first-order chi connectivity index (χ1) is 20.4. The molecular weight excluding hydrogens is 543 g/mol. The van der Waals surface area contributed by atoms with Crippen LogP contribution in [0.2, 0.25) is 0 Å².